The predicted molar refractivity (Wildman–Crippen MR) is 113 cm³/mol. The molecule has 0 aliphatic carbocycles. The van der Waals surface area contributed by atoms with Gasteiger partial charge in [-0.25, -0.2) is 5.43 Å². The van der Waals surface area contributed by atoms with Crippen molar-refractivity contribution in [3.63, 3.8) is 0 Å². The van der Waals surface area contributed by atoms with Crippen molar-refractivity contribution in [1.29, 1.82) is 0 Å². The Bertz CT molecular complexity index is 424. The number of carbonyl (C=O) groups excluding carboxylic acids is 2. The van der Waals surface area contributed by atoms with Gasteiger partial charge in [-0.15, -0.1) is 0 Å². The Balaban J connectivity index is 0.00000105. The minimum atomic E-state index is -0.178. The zero-order valence-electron chi connectivity index (χ0n) is 18.5. The van der Waals surface area contributed by atoms with E-state index in [4.69, 9.17) is 10.8 Å². The zero-order valence-corrected chi connectivity index (χ0v) is 18.5. The van der Waals surface area contributed by atoms with E-state index in [0.29, 0.717) is 25.3 Å². The summed E-state index contributed by atoms with van der Waals surface area (Å²) in [6, 6.07) is 0.345. The first-order valence-corrected chi connectivity index (χ1v) is 10.6. The lowest BCUT2D eigenvalue weighted by Gasteiger charge is -2.37. The molecule has 0 aromatic heterocycles. The van der Waals surface area contributed by atoms with Crippen molar-refractivity contribution >= 4 is 11.8 Å². The third kappa shape index (κ3) is 13.0. The number of amides is 2. The van der Waals surface area contributed by atoms with Crippen molar-refractivity contribution in [2.75, 3.05) is 39.3 Å². The second kappa shape index (κ2) is 15.7. The normalized spacial score (nSPS) is 16.0. The van der Waals surface area contributed by atoms with Crippen molar-refractivity contribution in [3.8, 4) is 0 Å². The molecule has 0 spiro atoms. The van der Waals surface area contributed by atoms with Crippen LogP contribution < -0.4 is 16.6 Å². The second-order valence-corrected chi connectivity index (χ2v) is 8.11. The average molecular weight is 402 g/mol. The molecule has 2 amide bonds. The Labute approximate surface area is 171 Å². The zero-order chi connectivity index (χ0) is 21.5. The third-order valence-electron chi connectivity index (χ3n) is 4.67. The second-order valence-electron chi connectivity index (χ2n) is 8.11. The largest absolute Gasteiger partial charge is 0.395 e. The van der Waals surface area contributed by atoms with Crippen LogP contribution in [0.15, 0.2) is 0 Å². The van der Waals surface area contributed by atoms with Crippen LogP contribution in [0, 0.1) is 5.92 Å². The molecule has 0 bridgehead atoms. The molecule has 1 heterocycles. The van der Waals surface area contributed by atoms with Gasteiger partial charge in [0.25, 0.3) is 0 Å². The van der Waals surface area contributed by atoms with Crippen LogP contribution in [0.3, 0.4) is 0 Å². The fourth-order valence-electron chi connectivity index (χ4n) is 2.69. The highest BCUT2D eigenvalue weighted by molar-refractivity contribution is 5.78. The van der Waals surface area contributed by atoms with E-state index in [9.17, 15) is 9.59 Å². The summed E-state index contributed by atoms with van der Waals surface area (Å²) in [6.45, 7) is 14.6. The van der Waals surface area contributed by atoms with E-state index < -0.39 is 0 Å². The number of hydrazine groups is 1. The fraction of sp³-hybridized carbons (Fsp3) is 0.900. The molecule has 1 aliphatic heterocycles. The van der Waals surface area contributed by atoms with Gasteiger partial charge in [-0.1, -0.05) is 13.8 Å². The van der Waals surface area contributed by atoms with Gasteiger partial charge >= 0.3 is 0 Å². The van der Waals surface area contributed by atoms with E-state index in [2.05, 4.69) is 43.4 Å². The van der Waals surface area contributed by atoms with Crippen LogP contribution in [0.4, 0.5) is 0 Å². The number of rotatable bonds is 10. The van der Waals surface area contributed by atoms with Gasteiger partial charge in [0.15, 0.2) is 0 Å². The molecule has 1 unspecified atom stereocenters. The average Bonchev–Trinajstić information content (AvgIpc) is 2.66. The van der Waals surface area contributed by atoms with Crippen LogP contribution in [0.1, 0.15) is 60.3 Å². The lowest BCUT2D eigenvalue weighted by atomic mass is 10.1. The standard InChI is InChI=1S/C15H30N4O3.C5H13N/c1-12(2)18-7-9-19(10-8-18)15(22)6-4-5-14(21)17-16-13(3)11-20;1-5(2)3-4-6/h12-13,16,20H,4-11H2,1-3H3,(H,17,21);5H,3-4,6H2,1-2H3. The maximum absolute atomic E-state index is 12.1. The molecular formula is C20H43N5O3. The molecule has 0 aromatic rings. The molecule has 0 aromatic carbocycles. The van der Waals surface area contributed by atoms with E-state index in [1.165, 1.54) is 0 Å². The van der Waals surface area contributed by atoms with Gasteiger partial charge < -0.3 is 15.7 Å². The highest BCUT2D eigenvalue weighted by atomic mass is 16.3. The number of piperazine rings is 1. The lowest BCUT2D eigenvalue weighted by molar-refractivity contribution is -0.133. The highest BCUT2D eigenvalue weighted by Gasteiger charge is 2.22. The fourth-order valence-corrected chi connectivity index (χ4v) is 2.69. The molecule has 1 aliphatic rings. The van der Waals surface area contributed by atoms with Crippen LogP contribution >= 0.6 is 0 Å². The predicted octanol–water partition coefficient (Wildman–Crippen LogP) is 0.702. The number of hydrogen-bond donors (Lipinski definition) is 4. The summed E-state index contributed by atoms with van der Waals surface area (Å²) >= 11 is 0. The smallest absolute Gasteiger partial charge is 0.234 e. The minimum Gasteiger partial charge on any atom is -0.395 e. The molecule has 1 atom stereocenters. The molecule has 0 radical (unpaired) electrons. The van der Waals surface area contributed by atoms with E-state index in [1.807, 2.05) is 4.90 Å². The molecule has 8 nitrogen and oxygen atoms in total. The first-order chi connectivity index (χ1) is 13.2. The van der Waals surface area contributed by atoms with E-state index in [1.54, 1.807) is 6.92 Å². The quantitative estimate of drug-likeness (QED) is 0.401. The van der Waals surface area contributed by atoms with Gasteiger partial charge in [0.2, 0.25) is 11.8 Å². The summed E-state index contributed by atoms with van der Waals surface area (Å²) in [7, 11) is 0. The summed E-state index contributed by atoms with van der Waals surface area (Å²) < 4.78 is 0. The number of aliphatic hydroxyl groups is 1. The number of hydrogen-bond acceptors (Lipinski definition) is 6. The Hall–Kier alpha value is -1.22. The first-order valence-electron chi connectivity index (χ1n) is 10.6. The third-order valence-corrected chi connectivity index (χ3v) is 4.67. The van der Waals surface area contributed by atoms with Crippen molar-refractivity contribution in [3.05, 3.63) is 0 Å². The van der Waals surface area contributed by atoms with Crippen LogP contribution in [-0.2, 0) is 9.59 Å². The van der Waals surface area contributed by atoms with Gasteiger partial charge in [0, 0.05) is 51.1 Å². The van der Waals surface area contributed by atoms with Gasteiger partial charge in [0.1, 0.15) is 0 Å². The Morgan fingerprint density at radius 3 is 2.07 bits per heavy atom. The number of nitrogens with two attached hydrogens (primary N) is 1. The minimum absolute atomic E-state index is 0.0406. The summed E-state index contributed by atoms with van der Waals surface area (Å²) in [4.78, 5) is 27.9. The Morgan fingerprint density at radius 1 is 1.04 bits per heavy atom. The maximum Gasteiger partial charge on any atom is 0.234 e. The van der Waals surface area contributed by atoms with E-state index >= 15 is 0 Å². The summed E-state index contributed by atoms with van der Waals surface area (Å²) in [5.41, 5.74) is 10.5. The monoisotopic (exact) mass is 401 g/mol. The lowest BCUT2D eigenvalue weighted by Crippen LogP contribution is -2.50. The number of nitrogens with one attached hydrogen (secondary N) is 2. The van der Waals surface area contributed by atoms with Crippen LogP contribution in [0.5, 0.6) is 0 Å². The van der Waals surface area contributed by atoms with Crippen molar-refractivity contribution in [2.24, 2.45) is 11.7 Å². The molecular weight excluding hydrogens is 358 g/mol. The topological polar surface area (TPSA) is 111 Å². The van der Waals surface area contributed by atoms with Crippen LogP contribution in [-0.4, -0.2) is 78.1 Å². The summed E-state index contributed by atoms with van der Waals surface area (Å²) in [6.07, 6.45) is 2.41. The van der Waals surface area contributed by atoms with Gasteiger partial charge in [-0.3, -0.25) is 19.9 Å². The van der Waals surface area contributed by atoms with Crippen LogP contribution in [0.25, 0.3) is 0 Å². The number of nitrogens with zero attached hydrogens (tertiary/aromatic N) is 2. The number of aliphatic hydroxyl groups excluding tert-OH is 1. The molecule has 1 rings (SSSR count). The Morgan fingerprint density at radius 2 is 1.64 bits per heavy atom. The molecule has 0 saturated carbocycles. The van der Waals surface area contributed by atoms with E-state index in [-0.39, 0.29) is 24.5 Å². The Kier molecular flexibility index (Phi) is 15.0. The molecule has 1 fully saturated rings. The molecule has 5 N–H and O–H groups in total. The molecule has 1 saturated heterocycles. The molecule has 8 heteroatoms. The van der Waals surface area contributed by atoms with Gasteiger partial charge in [-0.05, 0) is 46.1 Å². The SMILES string of the molecule is CC(C)CCN.CC(CO)NNC(=O)CCCC(=O)N1CCN(C(C)C)CC1. The molecule has 166 valence electrons. The molecule has 28 heavy (non-hydrogen) atoms. The van der Waals surface area contributed by atoms with Gasteiger partial charge in [0.05, 0.1) is 6.61 Å². The maximum atomic E-state index is 12.1. The van der Waals surface area contributed by atoms with Crippen molar-refractivity contribution in [1.82, 2.24) is 20.7 Å². The van der Waals surface area contributed by atoms with Gasteiger partial charge in [-0.2, -0.15) is 0 Å². The first kappa shape index (κ1) is 26.8. The van der Waals surface area contributed by atoms with Crippen LogP contribution in [0.2, 0.25) is 0 Å². The highest BCUT2D eigenvalue weighted by Crippen LogP contribution is 2.08. The summed E-state index contributed by atoms with van der Waals surface area (Å²) in [5, 5.41) is 8.83. The number of carbonyl (C=O) groups is 2. The van der Waals surface area contributed by atoms with Crippen molar-refractivity contribution in [2.45, 2.75) is 72.4 Å². The van der Waals surface area contributed by atoms with E-state index in [0.717, 1.165) is 45.1 Å². The van der Waals surface area contributed by atoms with Crippen molar-refractivity contribution < 1.29 is 14.7 Å². The summed E-state index contributed by atoms with van der Waals surface area (Å²) in [5.74, 6) is 0.751.